The minimum absolute atomic E-state index is 0.177. The van der Waals surface area contributed by atoms with Gasteiger partial charge in [-0.1, -0.05) is 12.1 Å². The summed E-state index contributed by atoms with van der Waals surface area (Å²) in [5, 5.41) is 15.4. The van der Waals surface area contributed by atoms with Crippen LogP contribution >= 0.6 is 0 Å². The van der Waals surface area contributed by atoms with Crippen molar-refractivity contribution in [3.63, 3.8) is 0 Å². The average molecular weight is 1110 g/mol. The third kappa shape index (κ3) is 13.3. The van der Waals surface area contributed by atoms with E-state index in [9.17, 15) is 16.8 Å². The molecule has 0 fully saturated rings. The normalized spacial score (nSPS) is 13.3. The van der Waals surface area contributed by atoms with Crippen molar-refractivity contribution in [2.45, 2.75) is 102 Å². The largest absolute Gasteiger partial charge is 0.494 e. The topological polar surface area (TPSA) is 262 Å². The summed E-state index contributed by atoms with van der Waals surface area (Å²) in [6.45, 7) is 14.3. The van der Waals surface area contributed by atoms with Gasteiger partial charge in [0.05, 0.1) is 51.1 Å². The third-order valence-electron chi connectivity index (χ3n) is 12.1. The maximum Gasteiger partial charge on any atom is 0.170 e. The second kappa shape index (κ2) is 25.6. The lowest BCUT2D eigenvalue weighted by molar-refractivity contribution is 0.00120. The van der Waals surface area contributed by atoms with Crippen molar-refractivity contribution in [1.82, 2.24) is 59.4 Å². The lowest BCUT2D eigenvalue weighted by atomic mass is 10.2. The second-order valence-corrected chi connectivity index (χ2v) is 23.2. The molecule has 24 heteroatoms. The van der Waals surface area contributed by atoms with Crippen molar-refractivity contribution in [3.8, 4) is 57.1 Å². The Morgan fingerprint density at radius 1 is 0.462 bits per heavy atom. The Balaban J connectivity index is 0.000000226. The number of sulfone groups is 2. The number of pyridine rings is 2. The number of aryl methyl sites for hydroxylation is 2. The molecule has 0 aliphatic heterocycles. The predicted molar refractivity (Wildman–Crippen MR) is 291 cm³/mol. The van der Waals surface area contributed by atoms with Crippen LogP contribution in [0.15, 0.2) is 110 Å². The zero-order chi connectivity index (χ0) is 56.3. The van der Waals surface area contributed by atoms with Crippen molar-refractivity contribution in [2.75, 3.05) is 28.4 Å². The van der Waals surface area contributed by atoms with Crippen molar-refractivity contribution in [3.05, 3.63) is 145 Å². The highest BCUT2D eigenvalue weighted by Gasteiger charge is 2.38. The fraction of sp³-hybridized carbons (Fsp3) is 0.370. The molecule has 8 aromatic rings. The van der Waals surface area contributed by atoms with Gasteiger partial charge in [-0.3, -0.25) is 19.1 Å². The molecule has 0 aliphatic carbocycles. The molecule has 4 atom stereocenters. The van der Waals surface area contributed by atoms with Crippen molar-refractivity contribution in [2.24, 2.45) is 0 Å². The molecular formula is C54H64N12O10S2. The monoisotopic (exact) mass is 1100 g/mol. The molecule has 0 bridgehead atoms. The highest BCUT2D eigenvalue weighted by molar-refractivity contribution is 7.91. The summed E-state index contributed by atoms with van der Waals surface area (Å²) in [6, 6.07) is 17.8. The second-order valence-electron chi connectivity index (χ2n) is 18.5. The molecular weight excluding hydrogens is 1040 g/mol. The van der Waals surface area contributed by atoms with Gasteiger partial charge in [0.2, 0.25) is 0 Å². The lowest BCUT2D eigenvalue weighted by Gasteiger charge is -2.25. The van der Waals surface area contributed by atoms with Gasteiger partial charge >= 0.3 is 0 Å². The van der Waals surface area contributed by atoms with Crippen LogP contribution in [0.2, 0.25) is 0 Å². The zero-order valence-electron chi connectivity index (χ0n) is 45.5. The molecule has 0 radical (unpaired) electrons. The highest BCUT2D eigenvalue weighted by atomic mass is 32.2. The van der Waals surface area contributed by atoms with Crippen molar-refractivity contribution >= 4 is 19.7 Å². The first-order valence-electron chi connectivity index (χ1n) is 24.7. The van der Waals surface area contributed by atoms with Crippen LogP contribution in [0.25, 0.3) is 34.2 Å². The van der Waals surface area contributed by atoms with E-state index in [0.717, 1.165) is 11.1 Å². The van der Waals surface area contributed by atoms with E-state index in [1.54, 1.807) is 121 Å². The van der Waals surface area contributed by atoms with E-state index in [-0.39, 0.29) is 23.9 Å². The van der Waals surface area contributed by atoms with Crippen LogP contribution in [0.4, 0.5) is 0 Å². The summed E-state index contributed by atoms with van der Waals surface area (Å²) in [5.74, 6) is 2.69. The Labute approximate surface area is 454 Å². The zero-order valence-corrected chi connectivity index (χ0v) is 47.2. The van der Waals surface area contributed by atoms with E-state index in [4.69, 9.17) is 28.4 Å². The minimum atomic E-state index is -3.88. The summed E-state index contributed by atoms with van der Waals surface area (Å²) in [5.41, 5.74) is 3.95. The highest BCUT2D eigenvalue weighted by Crippen LogP contribution is 2.39. The fourth-order valence-corrected chi connectivity index (χ4v) is 10.9. The van der Waals surface area contributed by atoms with Crippen LogP contribution < -0.4 is 18.9 Å². The maximum atomic E-state index is 13.9. The van der Waals surface area contributed by atoms with Gasteiger partial charge in [-0.25, -0.2) is 36.8 Å². The van der Waals surface area contributed by atoms with E-state index in [2.05, 4.69) is 50.3 Å². The lowest BCUT2D eigenvalue weighted by Crippen LogP contribution is -2.32. The summed E-state index contributed by atoms with van der Waals surface area (Å²) >= 11 is 0. The molecule has 2 aromatic carbocycles. The molecule has 22 nitrogen and oxygen atoms in total. The number of para-hydroxylation sites is 2. The maximum absolute atomic E-state index is 13.9. The van der Waals surface area contributed by atoms with Gasteiger partial charge < -0.3 is 28.4 Å². The third-order valence-corrected chi connectivity index (χ3v) is 16.2. The van der Waals surface area contributed by atoms with Gasteiger partial charge in [0.15, 0.2) is 54.6 Å². The van der Waals surface area contributed by atoms with Gasteiger partial charge in [-0.05, 0) is 115 Å². The predicted octanol–water partition coefficient (Wildman–Crippen LogP) is 7.83. The average Bonchev–Trinajstić information content (AvgIpc) is 4.04. The number of aromatic nitrogens is 12. The van der Waals surface area contributed by atoms with Gasteiger partial charge in [0.1, 0.15) is 58.1 Å². The Morgan fingerprint density at radius 2 is 0.795 bits per heavy atom. The van der Waals surface area contributed by atoms with Gasteiger partial charge in [-0.15, -0.1) is 20.4 Å². The summed E-state index contributed by atoms with van der Waals surface area (Å²) in [7, 11) is -1.65. The Bertz CT molecular complexity index is 3200. The standard InChI is InChI=1S/2C27H32N6O5S/c2*1-17(2)38-25(26-29-13-18(3)14-30-26)19(4)39(34,35)16-23-31-32-27(20-9-8-12-28-15-20)33(23)24-21(36-5)10-7-11-22(24)37-6/h2*7-15,17,19,25H,16H2,1-6H3/t2*19-,25+/m10/s1. The number of hydrogen-bond donors (Lipinski definition) is 0. The van der Waals surface area contributed by atoms with Crippen molar-refractivity contribution < 1.29 is 45.3 Å². The van der Waals surface area contributed by atoms with E-state index >= 15 is 0 Å². The number of nitrogens with zero attached hydrogens (tertiary/aromatic N) is 12. The summed E-state index contributed by atoms with van der Waals surface area (Å²) in [4.78, 5) is 25.8. The Kier molecular flexibility index (Phi) is 19.0. The number of methoxy groups -OCH3 is 4. The first kappa shape index (κ1) is 57.9. The van der Waals surface area contributed by atoms with Gasteiger partial charge in [0, 0.05) is 60.7 Å². The molecule has 0 unspecified atom stereocenters. The molecule has 0 aliphatic rings. The number of rotatable bonds is 22. The SMILES string of the molecule is COc1cccc(OC)c1-n1c(CS(=O)(=O)[C@@H](C)[C@@H](OC(C)C)c2ncc(C)cn2)nnc1-c1cccnc1.COc1cccc(OC)c1-n1c(CS(=O)(=O)[C@H](C)[C@H](OC(C)C)c2ncc(C)cn2)nnc1-c1cccnc1. The van der Waals surface area contributed by atoms with E-state index in [0.29, 0.717) is 68.8 Å². The van der Waals surface area contributed by atoms with E-state index < -0.39 is 53.9 Å². The quantitative estimate of drug-likeness (QED) is 0.0626. The molecule has 6 heterocycles. The Morgan fingerprint density at radius 3 is 1.08 bits per heavy atom. The molecule has 0 N–H and O–H groups in total. The molecule has 0 saturated heterocycles. The van der Waals surface area contributed by atoms with Crippen LogP contribution in [0, 0.1) is 13.8 Å². The van der Waals surface area contributed by atoms with Gasteiger partial charge in [0.25, 0.3) is 0 Å². The van der Waals surface area contributed by atoms with Gasteiger partial charge in [-0.2, -0.15) is 0 Å². The summed E-state index contributed by atoms with van der Waals surface area (Å²) in [6.07, 6.45) is 10.8. The Hall–Kier alpha value is -7.80. The molecule has 412 valence electrons. The number of hydrogen-bond acceptors (Lipinski definition) is 20. The van der Waals surface area contributed by atoms with Crippen LogP contribution in [0.5, 0.6) is 23.0 Å². The molecule has 0 saturated carbocycles. The van der Waals surface area contributed by atoms with E-state index in [1.807, 2.05) is 53.7 Å². The number of ether oxygens (including phenoxy) is 6. The van der Waals surface area contributed by atoms with Crippen LogP contribution in [-0.2, 0) is 40.7 Å². The number of benzene rings is 2. The molecule has 0 amide bonds. The first-order chi connectivity index (χ1) is 37.3. The van der Waals surface area contributed by atoms with Crippen LogP contribution in [-0.4, -0.2) is 127 Å². The molecule has 78 heavy (non-hydrogen) atoms. The van der Waals surface area contributed by atoms with E-state index in [1.165, 1.54) is 28.4 Å². The minimum Gasteiger partial charge on any atom is -0.494 e. The smallest absolute Gasteiger partial charge is 0.170 e. The molecule has 8 rings (SSSR count). The molecule has 0 spiro atoms. The van der Waals surface area contributed by atoms with Crippen LogP contribution in [0.1, 0.15) is 88.2 Å². The molecule has 6 aromatic heterocycles. The van der Waals surface area contributed by atoms with Crippen LogP contribution in [0.3, 0.4) is 0 Å². The fourth-order valence-electron chi connectivity index (χ4n) is 8.21. The summed E-state index contributed by atoms with van der Waals surface area (Å²) < 4.78 is 93.5. The first-order valence-corrected chi connectivity index (χ1v) is 28.2. The van der Waals surface area contributed by atoms with Crippen molar-refractivity contribution in [1.29, 1.82) is 0 Å².